The van der Waals surface area contributed by atoms with Gasteiger partial charge >= 0.3 is 0 Å². The molecule has 0 aliphatic heterocycles. The molecular formula is C13H17N3. The summed E-state index contributed by atoms with van der Waals surface area (Å²) in [4.78, 5) is 0. The second-order valence-corrected chi connectivity index (χ2v) is 4.68. The highest BCUT2D eigenvalue weighted by Crippen LogP contribution is 2.30. The molecule has 0 unspecified atom stereocenters. The normalized spacial score (nSPS) is 17.3. The van der Waals surface area contributed by atoms with Gasteiger partial charge in [-0.3, -0.25) is 0 Å². The molecule has 1 fully saturated rings. The van der Waals surface area contributed by atoms with Crippen LogP contribution < -0.4 is 11.1 Å². The Bertz CT molecular complexity index is 427. The van der Waals surface area contributed by atoms with Gasteiger partial charge in [0.05, 0.1) is 11.3 Å². The van der Waals surface area contributed by atoms with Crippen LogP contribution in [0, 0.1) is 18.3 Å². The zero-order chi connectivity index (χ0) is 11.6. The number of para-hydroxylation sites is 1. The molecule has 3 N–H and O–H groups in total. The zero-order valence-electron chi connectivity index (χ0n) is 9.59. The van der Waals surface area contributed by atoms with E-state index in [4.69, 9.17) is 11.0 Å². The first-order valence-corrected chi connectivity index (χ1v) is 5.67. The third-order valence-corrected chi connectivity index (χ3v) is 3.36. The molecule has 1 aliphatic rings. The standard InChI is InChI=1S/C13H17N3/c1-10-4-2-5-11(8-14)12(10)16-9-13(15)6-3-7-13/h2,4-5,16H,3,6-7,9,15H2,1H3. The molecule has 84 valence electrons. The van der Waals surface area contributed by atoms with Crippen molar-refractivity contribution in [1.82, 2.24) is 0 Å². The Hall–Kier alpha value is -1.53. The van der Waals surface area contributed by atoms with E-state index in [9.17, 15) is 0 Å². The largest absolute Gasteiger partial charge is 0.382 e. The van der Waals surface area contributed by atoms with Crippen molar-refractivity contribution in [2.75, 3.05) is 11.9 Å². The number of rotatable bonds is 3. The van der Waals surface area contributed by atoms with Crippen molar-refractivity contribution in [1.29, 1.82) is 5.26 Å². The molecule has 1 aliphatic carbocycles. The fourth-order valence-electron chi connectivity index (χ4n) is 2.07. The van der Waals surface area contributed by atoms with Gasteiger partial charge in [-0.1, -0.05) is 12.1 Å². The van der Waals surface area contributed by atoms with E-state index in [2.05, 4.69) is 11.4 Å². The van der Waals surface area contributed by atoms with Gasteiger partial charge in [-0.15, -0.1) is 0 Å². The summed E-state index contributed by atoms with van der Waals surface area (Å²) < 4.78 is 0. The summed E-state index contributed by atoms with van der Waals surface area (Å²) in [6, 6.07) is 7.95. The number of nitrogens with zero attached hydrogens (tertiary/aromatic N) is 1. The quantitative estimate of drug-likeness (QED) is 0.812. The maximum absolute atomic E-state index is 9.02. The number of nitrogens with one attached hydrogen (secondary N) is 1. The van der Waals surface area contributed by atoms with Crippen molar-refractivity contribution in [3.63, 3.8) is 0 Å². The lowest BCUT2D eigenvalue weighted by atomic mass is 9.77. The van der Waals surface area contributed by atoms with Crippen LogP contribution >= 0.6 is 0 Å². The van der Waals surface area contributed by atoms with E-state index in [0.717, 1.165) is 30.6 Å². The topological polar surface area (TPSA) is 61.8 Å². The van der Waals surface area contributed by atoms with Crippen LogP contribution in [0.1, 0.15) is 30.4 Å². The molecular weight excluding hydrogens is 198 g/mol. The summed E-state index contributed by atoms with van der Waals surface area (Å²) in [5.41, 5.74) is 8.81. The number of hydrogen-bond donors (Lipinski definition) is 2. The second kappa shape index (κ2) is 4.15. The average Bonchev–Trinajstić information content (AvgIpc) is 2.24. The predicted molar refractivity (Wildman–Crippen MR) is 65.2 cm³/mol. The van der Waals surface area contributed by atoms with Gasteiger partial charge in [0.1, 0.15) is 6.07 Å². The number of nitrogens with two attached hydrogens (primary N) is 1. The van der Waals surface area contributed by atoms with Crippen molar-refractivity contribution in [3.05, 3.63) is 29.3 Å². The Kier molecular flexibility index (Phi) is 2.84. The number of benzene rings is 1. The van der Waals surface area contributed by atoms with Gasteiger partial charge < -0.3 is 11.1 Å². The molecule has 1 aromatic rings. The lowest BCUT2D eigenvalue weighted by Gasteiger charge is -2.38. The van der Waals surface area contributed by atoms with Crippen LogP contribution in [0.4, 0.5) is 5.69 Å². The fourth-order valence-corrected chi connectivity index (χ4v) is 2.07. The highest BCUT2D eigenvalue weighted by Gasteiger charge is 2.32. The van der Waals surface area contributed by atoms with Gasteiger partial charge in [-0.2, -0.15) is 5.26 Å². The molecule has 0 spiro atoms. The zero-order valence-corrected chi connectivity index (χ0v) is 9.59. The van der Waals surface area contributed by atoms with E-state index in [1.165, 1.54) is 6.42 Å². The first kappa shape index (κ1) is 11.0. The Morgan fingerprint density at radius 2 is 2.25 bits per heavy atom. The minimum Gasteiger partial charge on any atom is -0.382 e. The van der Waals surface area contributed by atoms with Crippen LogP contribution in [0.5, 0.6) is 0 Å². The van der Waals surface area contributed by atoms with Gasteiger partial charge in [-0.05, 0) is 37.8 Å². The van der Waals surface area contributed by atoms with Gasteiger partial charge in [0.2, 0.25) is 0 Å². The molecule has 1 saturated carbocycles. The molecule has 0 heterocycles. The summed E-state index contributed by atoms with van der Waals surface area (Å²) >= 11 is 0. The van der Waals surface area contributed by atoms with E-state index in [0.29, 0.717) is 5.56 Å². The SMILES string of the molecule is Cc1cccc(C#N)c1NCC1(N)CCC1. The summed E-state index contributed by atoms with van der Waals surface area (Å²) in [5, 5.41) is 12.3. The minimum absolute atomic E-state index is 0.0605. The van der Waals surface area contributed by atoms with Crippen molar-refractivity contribution in [3.8, 4) is 6.07 Å². The Labute approximate surface area is 96.3 Å². The summed E-state index contributed by atoms with van der Waals surface area (Å²) in [6.45, 7) is 2.76. The average molecular weight is 215 g/mol. The van der Waals surface area contributed by atoms with Crippen LogP contribution in [0.15, 0.2) is 18.2 Å². The molecule has 3 nitrogen and oxygen atoms in total. The van der Waals surface area contributed by atoms with Crippen LogP contribution in [0.3, 0.4) is 0 Å². The molecule has 0 bridgehead atoms. The van der Waals surface area contributed by atoms with E-state index in [-0.39, 0.29) is 5.54 Å². The van der Waals surface area contributed by atoms with E-state index in [1.807, 2.05) is 25.1 Å². The molecule has 0 atom stereocenters. The summed E-state index contributed by atoms with van der Waals surface area (Å²) in [5.74, 6) is 0. The first-order valence-electron chi connectivity index (χ1n) is 5.67. The summed E-state index contributed by atoms with van der Waals surface area (Å²) in [6.07, 6.45) is 3.37. The van der Waals surface area contributed by atoms with E-state index in [1.54, 1.807) is 0 Å². The molecule has 0 saturated heterocycles. The Morgan fingerprint density at radius 1 is 1.50 bits per heavy atom. The highest BCUT2D eigenvalue weighted by molar-refractivity contribution is 5.62. The number of hydrogen-bond acceptors (Lipinski definition) is 3. The smallest absolute Gasteiger partial charge is 0.101 e. The number of anilines is 1. The molecule has 16 heavy (non-hydrogen) atoms. The number of nitriles is 1. The van der Waals surface area contributed by atoms with Gasteiger partial charge in [0.25, 0.3) is 0 Å². The lowest BCUT2D eigenvalue weighted by Crippen LogP contribution is -2.52. The van der Waals surface area contributed by atoms with Crippen LogP contribution in [0.2, 0.25) is 0 Å². The van der Waals surface area contributed by atoms with Crippen molar-refractivity contribution < 1.29 is 0 Å². The maximum atomic E-state index is 9.02. The van der Waals surface area contributed by atoms with Crippen molar-refractivity contribution in [2.45, 2.75) is 31.7 Å². The van der Waals surface area contributed by atoms with Gasteiger partial charge in [-0.25, -0.2) is 0 Å². The second-order valence-electron chi connectivity index (χ2n) is 4.68. The third kappa shape index (κ3) is 2.02. The van der Waals surface area contributed by atoms with Crippen LogP contribution in [-0.4, -0.2) is 12.1 Å². The van der Waals surface area contributed by atoms with E-state index < -0.39 is 0 Å². The first-order chi connectivity index (χ1) is 7.64. The predicted octanol–water partition coefficient (Wildman–Crippen LogP) is 2.16. The Balaban J connectivity index is 2.12. The lowest BCUT2D eigenvalue weighted by molar-refractivity contribution is 0.265. The minimum atomic E-state index is -0.0605. The van der Waals surface area contributed by atoms with Gasteiger partial charge in [0, 0.05) is 12.1 Å². The molecule has 1 aromatic carbocycles. The van der Waals surface area contributed by atoms with E-state index >= 15 is 0 Å². The monoisotopic (exact) mass is 215 g/mol. The van der Waals surface area contributed by atoms with Crippen molar-refractivity contribution in [2.24, 2.45) is 5.73 Å². The maximum Gasteiger partial charge on any atom is 0.101 e. The third-order valence-electron chi connectivity index (χ3n) is 3.36. The Morgan fingerprint density at radius 3 is 2.81 bits per heavy atom. The van der Waals surface area contributed by atoms with Gasteiger partial charge in [0.15, 0.2) is 0 Å². The molecule has 2 rings (SSSR count). The van der Waals surface area contributed by atoms with Crippen LogP contribution in [-0.2, 0) is 0 Å². The number of aryl methyl sites for hydroxylation is 1. The molecule has 0 radical (unpaired) electrons. The van der Waals surface area contributed by atoms with Crippen molar-refractivity contribution >= 4 is 5.69 Å². The molecule has 0 amide bonds. The summed E-state index contributed by atoms with van der Waals surface area (Å²) in [7, 11) is 0. The molecule has 0 aromatic heterocycles. The highest BCUT2D eigenvalue weighted by atomic mass is 15.0. The fraction of sp³-hybridized carbons (Fsp3) is 0.462. The molecule has 3 heteroatoms. The van der Waals surface area contributed by atoms with Crippen LogP contribution in [0.25, 0.3) is 0 Å².